The van der Waals surface area contributed by atoms with Crippen molar-refractivity contribution in [3.05, 3.63) is 11.1 Å². The molecule has 0 aromatic carbocycles. The number of hydrogen-bond donors (Lipinski definition) is 1. The summed E-state index contributed by atoms with van der Waals surface area (Å²) in [5.41, 5.74) is 0. The number of hydrogen-bond acceptors (Lipinski definition) is 3. The van der Waals surface area contributed by atoms with E-state index in [1.807, 2.05) is 6.20 Å². The maximum absolute atomic E-state index is 11.9. The molecule has 0 radical (unpaired) electrons. The van der Waals surface area contributed by atoms with Crippen molar-refractivity contribution in [1.29, 1.82) is 0 Å². The Balaban J connectivity index is 1.90. The van der Waals surface area contributed by atoms with Crippen molar-refractivity contribution in [2.75, 3.05) is 5.32 Å². The van der Waals surface area contributed by atoms with Crippen molar-refractivity contribution >= 4 is 22.4 Å². The highest BCUT2D eigenvalue weighted by atomic mass is 32.1. The number of thiazole rings is 1. The van der Waals surface area contributed by atoms with E-state index in [2.05, 4.69) is 17.2 Å². The first kappa shape index (κ1) is 11.6. The predicted octanol–water partition coefficient (Wildman–Crippen LogP) is 3.22. The number of amides is 1. The van der Waals surface area contributed by atoms with Crippen LogP contribution in [0.15, 0.2) is 6.20 Å². The summed E-state index contributed by atoms with van der Waals surface area (Å²) < 4.78 is 0. The molecule has 0 saturated heterocycles. The molecule has 3 nitrogen and oxygen atoms in total. The zero-order valence-corrected chi connectivity index (χ0v) is 10.5. The predicted molar refractivity (Wildman–Crippen MR) is 66.7 cm³/mol. The van der Waals surface area contributed by atoms with Gasteiger partial charge in [0, 0.05) is 17.0 Å². The number of carbonyl (C=O) groups is 1. The van der Waals surface area contributed by atoms with Crippen LogP contribution in [0.25, 0.3) is 0 Å². The van der Waals surface area contributed by atoms with Crippen molar-refractivity contribution < 1.29 is 4.79 Å². The van der Waals surface area contributed by atoms with Gasteiger partial charge in [0.25, 0.3) is 0 Å². The number of nitrogens with one attached hydrogen (secondary N) is 1. The summed E-state index contributed by atoms with van der Waals surface area (Å²) in [5.74, 6) is 0.374. The van der Waals surface area contributed by atoms with Gasteiger partial charge in [-0.2, -0.15) is 0 Å². The van der Waals surface area contributed by atoms with E-state index in [-0.39, 0.29) is 11.8 Å². The highest BCUT2D eigenvalue weighted by Crippen LogP contribution is 2.26. The van der Waals surface area contributed by atoms with Crippen LogP contribution < -0.4 is 5.32 Å². The molecule has 16 heavy (non-hydrogen) atoms. The van der Waals surface area contributed by atoms with Gasteiger partial charge in [-0.15, -0.1) is 11.3 Å². The van der Waals surface area contributed by atoms with E-state index in [4.69, 9.17) is 0 Å². The average molecular weight is 238 g/mol. The van der Waals surface area contributed by atoms with E-state index in [0.29, 0.717) is 0 Å². The third-order valence-corrected chi connectivity index (χ3v) is 4.17. The Labute approximate surface area is 100 Å². The van der Waals surface area contributed by atoms with Gasteiger partial charge in [-0.3, -0.25) is 4.79 Å². The van der Waals surface area contributed by atoms with Crippen molar-refractivity contribution in [2.45, 2.75) is 45.4 Å². The molecule has 1 amide bonds. The van der Waals surface area contributed by atoms with Crippen LogP contribution in [0.3, 0.4) is 0 Å². The monoisotopic (exact) mass is 238 g/mol. The van der Waals surface area contributed by atoms with Crippen molar-refractivity contribution in [1.82, 2.24) is 4.98 Å². The molecule has 2 rings (SSSR count). The molecule has 0 spiro atoms. The van der Waals surface area contributed by atoms with Gasteiger partial charge in [0.05, 0.1) is 0 Å². The van der Waals surface area contributed by atoms with Gasteiger partial charge in [0.1, 0.15) is 0 Å². The van der Waals surface area contributed by atoms with Crippen molar-refractivity contribution in [2.24, 2.45) is 5.92 Å². The Morgan fingerprint density at radius 2 is 2.25 bits per heavy atom. The average Bonchev–Trinajstić information content (AvgIpc) is 2.78. The fourth-order valence-corrected chi connectivity index (χ4v) is 2.86. The highest BCUT2D eigenvalue weighted by Gasteiger charge is 2.21. The highest BCUT2D eigenvalue weighted by molar-refractivity contribution is 7.15. The molecule has 0 aliphatic heterocycles. The number of carbonyl (C=O) groups excluding carboxylic acids is 1. The van der Waals surface area contributed by atoms with E-state index in [0.717, 1.165) is 24.4 Å². The first-order chi connectivity index (χ1) is 7.79. The van der Waals surface area contributed by atoms with Crippen molar-refractivity contribution in [3.63, 3.8) is 0 Å². The third-order valence-electron chi connectivity index (χ3n) is 3.11. The van der Waals surface area contributed by atoms with E-state index in [1.54, 1.807) is 11.3 Å². The van der Waals surface area contributed by atoms with E-state index in [1.165, 1.54) is 24.1 Å². The lowest BCUT2D eigenvalue weighted by Crippen LogP contribution is -2.24. The second-order valence-electron chi connectivity index (χ2n) is 4.31. The third kappa shape index (κ3) is 2.82. The molecule has 1 aromatic heterocycles. The standard InChI is InChI=1S/C12H18N2OS/c1-2-10-8-13-12(16-10)14-11(15)9-6-4-3-5-7-9/h8-9H,2-7H2,1H3,(H,13,14,15). The lowest BCUT2D eigenvalue weighted by Gasteiger charge is -2.19. The molecule has 1 aliphatic rings. The molecule has 1 aromatic rings. The smallest absolute Gasteiger partial charge is 0.229 e. The minimum Gasteiger partial charge on any atom is -0.302 e. The molecule has 4 heteroatoms. The summed E-state index contributed by atoms with van der Waals surface area (Å²) in [6.07, 6.45) is 8.57. The topological polar surface area (TPSA) is 42.0 Å². The molecule has 1 heterocycles. The van der Waals surface area contributed by atoms with Gasteiger partial charge < -0.3 is 5.32 Å². The Hall–Kier alpha value is -0.900. The van der Waals surface area contributed by atoms with E-state index >= 15 is 0 Å². The first-order valence-electron chi connectivity index (χ1n) is 6.05. The van der Waals surface area contributed by atoms with E-state index in [9.17, 15) is 4.79 Å². The van der Waals surface area contributed by atoms with Crippen LogP contribution in [0.4, 0.5) is 5.13 Å². The maximum atomic E-state index is 11.9. The van der Waals surface area contributed by atoms with Crippen LogP contribution in [0.5, 0.6) is 0 Å². The summed E-state index contributed by atoms with van der Waals surface area (Å²) in [6.45, 7) is 2.10. The summed E-state index contributed by atoms with van der Waals surface area (Å²) in [7, 11) is 0. The molecular weight excluding hydrogens is 220 g/mol. The van der Waals surface area contributed by atoms with Gasteiger partial charge in [0.15, 0.2) is 5.13 Å². The van der Waals surface area contributed by atoms with Gasteiger partial charge in [-0.1, -0.05) is 26.2 Å². The Bertz CT molecular complexity index is 356. The lowest BCUT2D eigenvalue weighted by atomic mass is 9.89. The number of aryl methyl sites for hydroxylation is 1. The minimum absolute atomic E-state index is 0.164. The van der Waals surface area contributed by atoms with Crippen LogP contribution in [0, 0.1) is 5.92 Å². The molecule has 0 bridgehead atoms. The molecular formula is C12H18N2OS. The van der Waals surface area contributed by atoms with Crippen LogP contribution in [0.2, 0.25) is 0 Å². The van der Waals surface area contributed by atoms with Crippen LogP contribution in [-0.4, -0.2) is 10.9 Å². The zero-order valence-electron chi connectivity index (χ0n) is 9.66. The summed E-state index contributed by atoms with van der Waals surface area (Å²) >= 11 is 1.58. The largest absolute Gasteiger partial charge is 0.302 e. The molecule has 0 atom stereocenters. The second kappa shape index (κ2) is 5.43. The first-order valence-corrected chi connectivity index (χ1v) is 6.87. The molecule has 0 unspecified atom stereocenters. The normalized spacial score (nSPS) is 17.3. The Morgan fingerprint density at radius 1 is 1.50 bits per heavy atom. The molecule has 88 valence electrons. The molecule has 1 aliphatic carbocycles. The van der Waals surface area contributed by atoms with Gasteiger partial charge in [-0.25, -0.2) is 4.98 Å². The fourth-order valence-electron chi connectivity index (χ4n) is 2.10. The summed E-state index contributed by atoms with van der Waals surface area (Å²) in [5, 5.41) is 3.69. The lowest BCUT2D eigenvalue weighted by molar-refractivity contribution is -0.120. The maximum Gasteiger partial charge on any atom is 0.229 e. The number of rotatable bonds is 3. The van der Waals surface area contributed by atoms with E-state index < -0.39 is 0 Å². The molecule has 1 N–H and O–H groups in total. The van der Waals surface area contributed by atoms with Crippen LogP contribution >= 0.6 is 11.3 Å². The fraction of sp³-hybridized carbons (Fsp3) is 0.667. The van der Waals surface area contributed by atoms with Gasteiger partial charge >= 0.3 is 0 Å². The molecule has 1 saturated carbocycles. The summed E-state index contributed by atoms with van der Waals surface area (Å²) in [6, 6.07) is 0. The van der Waals surface area contributed by atoms with Crippen molar-refractivity contribution in [3.8, 4) is 0 Å². The number of anilines is 1. The van der Waals surface area contributed by atoms with Crippen LogP contribution in [0.1, 0.15) is 43.9 Å². The SMILES string of the molecule is CCc1cnc(NC(=O)C2CCCCC2)s1. The Morgan fingerprint density at radius 3 is 2.88 bits per heavy atom. The van der Waals surface area contributed by atoms with Gasteiger partial charge in [0.2, 0.25) is 5.91 Å². The second-order valence-corrected chi connectivity index (χ2v) is 5.42. The number of nitrogens with zero attached hydrogens (tertiary/aromatic N) is 1. The Kier molecular flexibility index (Phi) is 3.93. The van der Waals surface area contributed by atoms with Crippen LogP contribution in [-0.2, 0) is 11.2 Å². The summed E-state index contributed by atoms with van der Waals surface area (Å²) in [4.78, 5) is 17.4. The number of aromatic nitrogens is 1. The minimum atomic E-state index is 0.164. The molecule has 1 fully saturated rings. The zero-order chi connectivity index (χ0) is 11.4. The quantitative estimate of drug-likeness (QED) is 0.878. The van der Waals surface area contributed by atoms with Gasteiger partial charge in [-0.05, 0) is 19.3 Å².